The Hall–Kier alpha value is -3.16. The molecule has 0 amide bonds. The normalized spacial score (nSPS) is 15.7. The molecular weight excluding hydrogens is 904 g/mol. The molecule has 0 bridgehead atoms. The second kappa shape index (κ2) is 14.3. The van der Waals surface area contributed by atoms with Crippen molar-refractivity contribution < 1.29 is 131 Å². The van der Waals surface area contributed by atoms with Crippen LogP contribution in [0.5, 0.6) is 0 Å². The van der Waals surface area contributed by atoms with E-state index in [4.69, 9.17) is 0 Å². The van der Waals surface area contributed by atoms with Crippen LogP contribution in [0.3, 0.4) is 0 Å². The molecule has 0 unspecified atom stereocenters. The summed E-state index contributed by atoms with van der Waals surface area (Å²) in [6.07, 6.45) is -11.9. The number of hydrogen-bond donors (Lipinski definition) is 0. The molecule has 0 saturated carbocycles. The third kappa shape index (κ3) is 7.38. The maximum Gasteiger partial charge on any atom is 0.384 e. The lowest BCUT2D eigenvalue weighted by atomic mass is 9.95. The molecule has 2 aromatic carbocycles. The third-order valence-electron chi connectivity index (χ3n) is 7.03. The summed E-state index contributed by atoms with van der Waals surface area (Å²) in [5, 5.41) is -2.02. The van der Waals surface area contributed by atoms with Crippen molar-refractivity contribution in [2.24, 2.45) is 0 Å². The molecule has 0 N–H and O–H groups in total. The molecule has 324 valence electrons. The molecule has 0 fully saturated rings. The molecule has 56 heavy (non-hydrogen) atoms. The Morgan fingerprint density at radius 1 is 0.446 bits per heavy atom. The Morgan fingerprint density at radius 2 is 0.786 bits per heavy atom. The van der Waals surface area contributed by atoms with E-state index < -0.39 is 126 Å². The van der Waals surface area contributed by atoms with Gasteiger partial charge in [-0.15, -0.1) is 0 Å². The van der Waals surface area contributed by atoms with Crippen molar-refractivity contribution in [3.63, 3.8) is 0 Å². The summed E-state index contributed by atoms with van der Waals surface area (Å²) < 4.78 is 381. The fraction of sp³-hybridized carbons (Fsp3) is 0.583. The van der Waals surface area contributed by atoms with Gasteiger partial charge in [0.25, 0.3) is 20.2 Å². The largest absolute Gasteiger partial charge is 0.384 e. The predicted molar refractivity (Wildman–Crippen MR) is 132 cm³/mol. The fourth-order valence-corrected chi connectivity index (χ4v) is 6.64. The highest BCUT2D eigenvalue weighted by Gasteiger charge is 2.89. The van der Waals surface area contributed by atoms with Gasteiger partial charge in [-0.25, -0.2) is 17.6 Å². The number of benzene rings is 2. The molecule has 0 aliphatic rings. The fourth-order valence-electron chi connectivity index (χ4n) is 3.83. The minimum atomic E-state index is -8.25. The maximum absolute atomic E-state index is 14.3. The van der Waals surface area contributed by atoms with E-state index in [2.05, 4.69) is 8.37 Å². The zero-order chi connectivity index (χ0) is 44.5. The van der Waals surface area contributed by atoms with Gasteiger partial charge in [-0.1, -0.05) is 30.3 Å². The van der Waals surface area contributed by atoms with E-state index >= 15 is 0 Å². The van der Waals surface area contributed by atoms with Gasteiger partial charge >= 0.3 is 72.1 Å². The first-order valence-electron chi connectivity index (χ1n) is 13.2. The second-order valence-corrected chi connectivity index (χ2v) is 13.9. The van der Waals surface area contributed by atoms with Crippen molar-refractivity contribution >= 4 is 31.0 Å². The van der Waals surface area contributed by atoms with Crippen molar-refractivity contribution in [2.75, 3.05) is 13.2 Å². The van der Waals surface area contributed by atoms with Crippen molar-refractivity contribution in [2.45, 2.75) is 81.9 Å². The highest BCUT2D eigenvalue weighted by Crippen LogP contribution is 2.60. The monoisotopic (exact) mass is 916 g/mol. The van der Waals surface area contributed by atoms with Crippen LogP contribution in [0.15, 0.2) is 46.2 Å². The summed E-state index contributed by atoms with van der Waals surface area (Å²) in [6.45, 7) is -7.92. The van der Waals surface area contributed by atoms with Gasteiger partial charge < -0.3 is 0 Å². The quantitative estimate of drug-likeness (QED) is 0.110. The van der Waals surface area contributed by atoms with Crippen LogP contribution in [-0.2, 0) is 28.6 Å². The smallest absolute Gasteiger partial charge is 0.260 e. The van der Waals surface area contributed by atoms with Crippen molar-refractivity contribution in [1.82, 2.24) is 0 Å². The number of hydrogen-bond acceptors (Lipinski definition) is 6. The van der Waals surface area contributed by atoms with Gasteiger partial charge in [-0.2, -0.15) is 105 Å². The molecule has 0 radical (unpaired) electrons. The van der Waals surface area contributed by atoms with Gasteiger partial charge in [-0.3, -0.25) is 8.37 Å². The number of alkyl halides is 24. The average molecular weight is 916 g/mol. The van der Waals surface area contributed by atoms with Gasteiger partial charge in [0.2, 0.25) is 0 Å². The van der Waals surface area contributed by atoms with Crippen molar-refractivity contribution in [3.05, 3.63) is 36.4 Å². The van der Waals surface area contributed by atoms with Gasteiger partial charge in [0.05, 0.1) is 0 Å². The van der Waals surface area contributed by atoms with Crippen LogP contribution >= 0.6 is 0 Å². The van der Waals surface area contributed by atoms with Crippen LogP contribution in [0.4, 0.5) is 105 Å². The molecule has 32 heteroatoms. The van der Waals surface area contributed by atoms with E-state index in [1.54, 1.807) is 0 Å². The average Bonchev–Trinajstić information content (AvgIpc) is 3.05. The van der Waals surface area contributed by atoms with Crippen molar-refractivity contribution in [1.29, 1.82) is 0 Å². The van der Waals surface area contributed by atoms with E-state index in [9.17, 15) is 122 Å². The number of fused-ring (bicyclic) bond motifs is 1. The van der Waals surface area contributed by atoms with E-state index in [1.165, 1.54) is 0 Å². The highest BCUT2D eigenvalue weighted by atomic mass is 32.2. The summed E-state index contributed by atoms with van der Waals surface area (Å²) in [7, 11) is -13.7. The summed E-state index contributed by atoms with van der Waals surface area (Å²) in [4.78, 5) is -4.83. The third-order valence-corrected chi connectivity index (χ3v) is 9.84. The Labute approximate surface area is 293 Å². The van der Waals surface area contributed by atoms with Gasteiger partial charge in [0.1, 0.15) is 23.0 Å². The highest BCUT2D eigenvalue weighted by molar-refractivity contribution is 7.90. The molecule has 0 saturated heterocycles. The second-order valence-electron chi connectivity index (χ2n) is 10.7. The van der Waals surface area contributed by atoms with Crippen LogP contribution in [0.1, 0.15) is 0 Å². The summed E-state index contributed by atoms with van der Waals surface area (Å²) in [5.74, 6) is -78.2. The first-order valence-corrected chi connectivity index (χ1v) is 16.0. The van der Waals surface area contributed by atoms with E-state index in [-0.39, 0.29) is 6.07 Å². The minimum absolute atomic E-state index is 0.246. The zero-order valence-electron chi connectivity index (χ0n) is 25.4. The number of rotatable bonds is 18. The molecule has 6 nitrogen and oxygen atoms in total. The van der Waals surface area contributed by atoms with Crippen LogP contribution in [0, 0.1) is 0 Å². The summed E-state index contributed by atoms with van der Waals surface area (Å²) in [5.41, 5.74) is 0. The lowest BCUT2D eigenvalue weighted by Crippen LogP contribution is -2.69. The molecule has 2 rings (SSSR count). The topological polar surface area (TPSA) is 86.7 Å². The first kappa shape index (κ1) is 49.0. The molecule has 0 aliphatic heterocycles. The first-order chi connectivity index (χ1) is 24.5. The lowest BCUT2D eigenvalue weighted by Gasteiger charge is -2.39. The Bertz CT molecular complexity index is 1980. The molecule has 0 heterocycles. The SMILES string of the molecule is O=S(=O)(OCC(F)(F)C(F)(F)C(F)(F)C(F)(F)C(F)(F)C(F)F)c1ccc2ccccc2c1S(=O)(=O)OCC(F)(F)C(F)(F)C(F)(F)C(F)(F)C(F)(F)C(F)F. The van der Waals surface area contributed by atoms with Crippen LogP contribution in [-0.4, -0.2) is 102 Å². The molecule has 0 aliphatic carbocycles. The van der Waals surface area contributed by atoms with Crippen LogP contribution < -0.4 is 0 Å². The van der Waals surface area contributed by atoms with E-state index in [0.717, 1.165) is 6.07 Å². The Balaban J connectivity index is 2.66. The van der Waals surface area contributed by atoms with Crippen LogP contribution in [0.2, 0.25) is 0 Å². The molecule has 0 aromatic heterocycles. The lowest BCUT2D eigenvalue weighted by molar-refractivity contribution is -0.414. The number of halogens is 24. The zero-order valence-corrected chi connectivity index (χ0v) is 27.0. The maximum atomic E-state index is 14.3. The molecular formula is C24H12F24O6S2. The molecule has 2 aromatic rings. The standard InChI is InChI=1S/C24H12F24O6S2/c25-13(26)17(33,34)21(41,42)23(45,46)19(37,38)15(29,30)7-53-55(49,50)11-6-5-9-3-1-2-4-10(9)12(11)56(51,52)54-8-16(31,32)20(39,40)24(47,48)22(43,44)18(35,36)14(27)28/h1-6,13-14H,7-8H2. The van der Waals surface area contributed by atoms with E-state index in [0.29, 0.717) is 24.3 Å². The van der Waals surface area contributed by atoms with E-state index in [1.807, 2.05) is 0 Å². The Kier molecular flexibility index (Phi) is 12.5. The van der Waals surface area contributed by atoms with Gasteiger partial charge in [-0.05, 0) is 11.5 Å². The van der Waals surface area contributed by atoms with Crippen molar-refractivity contribution in [3.8, 4) is 0 Å². The summed E-state index contributed by atoms with van der Waals surface area (Å²) >= 11 is 0. The molecule has 0 spiro atoms. The van der Waals surface area contributed by atoms with Gasteiger partial charge in [0, 0.05) is 5.39 Å². The van der Waals surface area contributed by atoms with Gasteiger partial charge in [0.15, 0.2) is 0 Å². The predicted octanol–water partition coefficient (Wildman–Crippen LogP) is 9.13. The molecule has 0 atom stereocenters. The summed E-state index contributed by atoms with van der Waals surface area (Å²) in [6, 6.07) is 2.67. The Morgan fingerprint density at radius 3 is 1.14 bits per heavy atom. The van der Waals surface area contributed by atoms with Crippen LogP contribution in [0.25, 0.3) is 10.8 Å². The minimum Gasteiger partial charge on any atom is -0.260 e.